The van der Waals surface area contributed by atoms with Crippen molar-refractivity contribution in [2.75, 3.05) is 6.54 Å². The van der Waals surface area contributed by atoms with Crippen LogP contribution in [0.5, 0.6) is 5.75 Å². The molecule has 1 N–H and O–H groups in total. The molecular weight excluding hydrogens is 416 g/mol. The topological polar surface area (TPSA) is 110 Å². The Hall–Kier alpha value is -3.24. The number of carboxylic acid groups (broad SMARTS) is 1. The lowest BCUT2D eigenvalue weighted by molar-refractivity contribution is -0.384. The summed E-state index contributed by atoms with van der Waals surface area (Å²) >= 11 is 6.12. The Labute approximate surface area is 174 Å². The zero-order chi connectivity index (χ0) is 21.0. The van der Waals surface area contributed by atoms with Crippen LogP contribution in [0.3, 0.4) is 0 Å². The highest BCUT2D eigenvalue weighted by atomic mass is 32.2. The van der Waals surface area contributed by atoms with Crippen LogP contribution in [-0.4, -0.2) is 37.7 Å². The first-order valence-electron chi connectivity index (χ1n) is 8.27. The second-order valence-electron chi connectivity index (χ2n) is 5.91. The predicted octanol–water partition coefficient (Wildman–Crippen LogP) is 3.46. The number of thiocarbonyl (C=S) groups is 1. The number of aliphatic carboxylic acids is 1. The van der Waals surface area contributed by atoms with Gasteiger partial charge in [-0.1, -0.05) is 42.2 Å². The van der Waals surface area contributed by atoms with Crippen LogP contribution in [0.1, 0.15) is 11.1 Å². The van der Waals surface area contributed by atoms with Gasteiger partial charge in [0.05, 0.1) is 9.83 Å². The first kappa shape index (κ1) is 20.5. The molecule has 0 bridgehead atoms. The van der Waals surface area contributed by atoms with E-state index in [0.717, 1.165) is 22.2 Å². The zero-order valence-electron chi connectivity index (χ0n) is 14.8. The molecule has 0 radical (unpaired) electrons. The van der Waals surface area contributed by atoms with Gasteiger partial charge in [-0.05, 0) is 29.8 Å². The number of non-ortho nitro benzene ring substituents is 1. The van der Waals surface area contributed by atoms with E-state index in [1.807, 2.05) is 0 Å². The van der Waals surface area contributed by atoms with Crippen molar-refractivity contribution in [2.24, 2.45) is 0 Å². The second-order valence-corrected chi connectivity index (χ2v) is 7.59. The molecule has 10 heteroatoms. The van der Waals surface area contributed by atoms with Gasteiger partial charge in [0.1, 0.15) is 23.2 Å². The van der Waals surface area contributed by atoms with Crippen molar-refractivity contribution in [3.05, 3.63) is 74.7 Å². The first-order chi connectivity index (χ1) is 13.8. The van der Waals surface area contributed by atoms with Gasteiger partial charge < -0.3 is 9.84 Å². The molecule has 0 atom stereocenters. The van der Waals surface area contributed by atoms with Gasteiger partial charge in [0, 0.05) is 17.7 Å². The summed E-state index contributed by atoms with van der Waals surface area (Å²) < 4.78 is 6.00. The molecule has 1 heterocycles. The minimum Gasteiger partial charge on any atom is -0.488 e. The molecule has 1 amide bonds. The monoisotopic (exact) mass is 430 g/mol. The molecule has 0 saturated carbocycles. The smallest absolute Gasteiger partial charge is 0.323 e. The maximum atomic E-state index is 12.4. The fourth-order valence-corrected chi connectivity index (χ4v) is 3.76. The minimum atomic E-state index is -1.14. The van der Waals surface area contributed by atoms with Crippen LogP contribution in [-0.2, 0) is 16.2 Å². The molecule has 0 unspecified atom stereocenters. The van der Waals surface area contributed by atoms with Gasteiger partial charge in [-0.3, -0.25) is 24.6 Å². The zero-order valence-corrected chi connectivity index (χ0v) is 16.4. The number of hydrogen-bond acceptors (Lipinski definition) is 7. The lowest BCUT2D eigenvalue weighted by Crippen LogP contribution is -2.33. The number of carbonyl (C=O) groups excluding carboxylic acids is 1. The van der Waals surface area contributed by atoms with E-state index in [1.54, 1.807) is 42.5 Å². The number of hydrogen-bond donors (Lipinski definition) is 1. The van der Waals surface area contributed by atoms with E-state index >= 15 is 0 Å². The van der Waals surface area contributed by atoms with E-state index in [0.29, 0.717) is 16.2 Å². The first-order valence-corrected chi connectivity index (χ1v) is 9.50. The molecule has 8 nitrogen and oxygen atoms in total. The Kier molecular flexibility index (Phi) is 6.25. The van der Waals surface area contributed by atoms with E-state index < -0.39 is 23.3 Å². The summed E-state index contributed by atoms with van der Waals surface area (Å²) in [5, 5.41) is 19.6. The van der Waals surface area contributed by atoms with Crippen molar-refractivity contribution >= 4 is 51.9 Å². The molecule has 0 aliphatic carbocycles. The number of amides is 1. The van der Waals surface area contributed by atoms with Gasteiger partial charge in [0.2, 0.25) is 0 Å². The van der Waals surface area contributed by atoms with Crippen molar-refractivity contribution in [2.45, 2.75) is 6.61 Å². The molecular formula is C19H14N2O6S2. The Balaban J connectivity index is 1.76. The molecule has 2 aromatic rings. The molecule has 148 valence electrons. The average molecular weight is 430 g/mol. The van der Waals surface area contributed by atoms with Crippen LogP contribution in [0.4, 0.5) is 5.69 Å². The summed E-state index contributed by atoms with van der Waals surface area (Å²) in [6, 6.07) is 13.1. The van der Waals surface area contributed by atoms with E-state index in [4.69, 9.17) is 22.1 Å². The SMILES string of the molecule is O=C(O)CN1C(=O)/C(=C\c2ccccc2OCc2ccc([N+](=O)[O-])cc2)SC1=S. The number of nitro groups is 1. The van der Waals surface area contributed by atoms with Crippen LogP contribution < -0.4 is 4.74 Å². The summed E-state index contributed by atoms with van der Waals surface area (Å²) in [5.41, 5.74) is 1.38. The third-order valence-corrected chi connectivity index (χ3v) is 5.29. The van der Waals surface area contributed by atoms with Crippen molar-refractivity contribution < 1.29 is 24.4 Å². The number of para-hydroxylation sites is 1. The summed E-state index contributed by atoms with van der Waals surface area (Å²) in [7, 11) is 0. The van der Waals surface area contributed by atoms with Crippen molar-refractivity contribution in [1.29, 1.82) is 0 Å². The second kappa shape index (κ2) is 8.84. The lowest BCUT2D eigenvalue weighted by Gasteiger charge is -2.11. The Morgan fingerprint density at radius 3 is 2.59 bits per heavy atom. The van der Waals surface area contributed by atoms with E-state index in [1.165, 1.54) is 12.1 Å². The summed E-state index contributed by atoms with van der Waals surface area (Å²) in [4.78, 5) is 34.9. The van der Waals surface area contributed by atoms with Crippen LogP contribution in [0.2, 0.25) is 0 Å². The molecule has 1 saturated heterocycles. The largest absolute Gasteiger partial charge is 0.488 e. The maximum absolute atomic E-state index is 12.4. The van der Waals surface area contributed by atoms with Crippen LogP contribution in [0, 0.1) is 10.1 Å². The molecule has 0 spiro atoms. The standard InChI is InChI=1S/C19H14N2O6S2/c22-17(23)10-20-18(24)16(29-19(20)28)9-13-3-1-2-4-15(13)27-11-12-5-7-14(8-6-12)21(25)26/h1-9H,10-11H2,(H,22,23)/b16-9+. The molecule has 1 aliphatic rings. The number of rotatable bonds is 7. The van der Waals surface area contributed by atoms with E-state index in [9.17, 15) is 19.7 Å². The predicted molar refractivity (Wildman–Crippen MR) is 111 cm³/mol. The van der Waals surface area contributed by atoms with Crippen molar-refractivity contribution in [3.63, 3.8) is 0 Å². The van der Waals surface area contributed by atoms with Gasteiger partial charge in [-0.25, -0.2) is 0 Å². The third kappa shape index (κ3) is 4.98. The van der Waals surface area contributed by atoms with Gasteiger partial charge in [0.25, 0.3) is 11.6 Å². The number of benzene rings is 2. The van der Waals surface area contributed by atoms with Gasteiger partial charge >= 0.3 is 5.97 Å². The molecule has 1 fully saturated rings. The molecule has 2 aromatic carbocycles. The maximum Gasteiger partial charge on any atom is 0.323 e. The fraction of sp³-hybridized carbons (Fsp3) is 0.105. The number of ether oxygens (including phenoxy) is 1. The number of carbonyl (C=O) groups is 2. The Morgan fingerprint density at radius 1 is 1.24 bits per heavy atom. The number of nitro benzene ring substituents is 1. The van der Waals surface area contributed by atoms with E-state index in [2.05, 4.69) is 0 Å². The Morgan fingerprint density at radius 2 is 1.93 bits per heavy atom. The van der Waals surface area contributed by atoms with Crippen LogP contribution in [0.15, 0.2) is 53.4 Å². The highest BCUT2D eigenvalue weighted by molar-refractivity contribution is 8.26. The average Bonchev–Trinajstić information content (AvgIpc) is 2.94. The van der Waals surface area contributed by atoms with Gasteiger partial charge in [0.15, 0.2) is 0 Å². The fourth-order valence-electron chi connectivity index (χ4n) is 2.52. The van der Waals surface area contributed by atoms with Crippen LogP contribution in [0.25, 0.3) is 6.08 Å². The summed E-state index contributed by atoms with van der Waals surface area (Å²) in [5.74, 6) is -1.10. The number of carboxylic acids is 1. The van der Waals surface area contributed by atoms with Gasteiger partial charge in [-0.15, -0.1) is 0 Å². The van der Waals surface area contributed by atoms with Crippen LogP contribution >= 0.6 is 24.0 Å². The third-order valence-electron chi connectivity index (χ3n) is 3.91. The summed E-state index contributed by atoms with van der Waals surface area (Å²) in [6.45, 7) is -0.302. The molecule has 29 heavy (non-hydrogen) atoms. The van der Waals surface area contributed by atoms with Gasteiger partial charge in [-0.2, -0.15) is 0 Å². The molecule has 0 aromatic heterocycles. The highest BCUT2D eigenvalue weighted by Gasteiger charge is 2.33. The minimum absolute atomic E-state index is 0.00228. The normalized spacial score (nSPS) is 15.0. The number of nitrogens with zero attached hydrogens (tertiary/aromatic N) is 2. The van der Waals surface area contributed by atoms with Crippen molar-refractivity contribution in [1.82, 2.24) is 4.90 Å². The quantitative estimate of drug-likeness (QED) is 0.308. The summed E-state index contributed by atoms with van der Waals surface area (Å²) in [6.07, 6.45) is 1.60. The number of thioether (sulfide) groups is 1. The lowest BCUT2D eigenvalue weighted by atomic mass is 10.1. The molecule has 3 rings (SSSR count). The van der Waals surface area contributed by atoms with Crippen molar-refractivity contribution in [3.8, 4) is 5.75 Å². The highest BCUT2D eigenvalue weighted by Crippen LogP contribution is 2.34. The Bertz CT molecular complexity index is 1020. The molecule has 1 aliphatic heterocycles. The van der Waals surface area contributed by atoms with E-state index in [-0.39, 0.29) is 16.6 Å².